The van der Waals surface area contributed by atoms with Crippen LogP contribution in [0.25, 0.3) is 0 Å². The summed E-state index contributed by atoms with van der Waals surface area (Å²) in [6, 6.07) is 2.32. The summed E-state index contributed by atoms with van der Waals surface area (Å²) >= 11 is -0.305. The van der Waals surface area contributed by atoms with Crippen molar-refractivity contribution in [1.82, 2.24) is 18.6 Å². The fourth-order valence-electron chi connectivity index (χ4n) is 3.74. The molecule has 0 saturated heterocycles. The number of anilines is 1. The molecule has 0 bridgehead atoms. The van der Waals surface area contributed by atoms with Crippen LogP contribution in [-0.4, -0.2) is 68.5 Å². The zero-order valence-corrected chi connectivity index (χ0v) is 19.5. The molecular formula is C18H28InN5OS. The van der Waals surface area contributed by atoms with Gasteiger partial charge in [-0.05, 0) is 0 Å². The van der Waals surface area contributed by atoms with Crippen molar-refractivity contribution >= 4 is 45.6 Å². The third-order valence-electron chi connectivity index (χ3n) is 5.06. The topological polar surface area (TPSA) is 70.2 Å². The van der Waals surface area contributed by atoms with Crippen LogP contribution in [0.2, 0.25) is 0 Å². The van der Waals surface area contributed by atoms with Crippen molar-refractivity contribution in [3.8, 4) is 0 Å². The van der Waals surface area contributed by atoms with E-state index in [1.807, 2.05) is 30.2 Å². The van der Waals surface area contributed by atoms with Gasteiger partial charge in [0.1, 0.15) is 0 Å². The number of thioether (sulfide) groups is 1. The quantitative estimate of drug-likeness (QED) is 0.558. The predicted octanol–water partition coefficient (Wildman–Crippen LogP) is 1.90. The van der Waals surface area contributed by atoms with Gasteiger partial charge in [0, 0.05) is 0 Å². The van der Waals surface area contributed by atoms with E-state index >= 15 is 0 Å². The number of nitrogens with one attached hydrogen (secondary N) is 2. The first kappa shape index (κ1) is 20.0. The van der Waals surface area contributed by atoms with Gasteiger partial charge in [0.2, 0.25) is 0 Å². The van der Waals surface area contributed by atoms with Gasteiger partial charge in [0.15, 0.2) is 0 Å². The molecule has 8 heteroatoms. The number of rotatable bonds is 8. The predicted molar refractivity (Wildman–Crippen MR) is 109 cm³/mol. The van der Waals surface area contributed by atoms with E-state index < -0.39 is 22.0 Å². The molecular weight excluding hydrogens is 449 g/mol. The second kappa shape index (κ2) is 10.6. The number of carbonyl (C=O) groups excluding carboxylic acids is 1. The molecule has 140 valence electrons. The Morgan fingerprint density at radius 1 is 1.35 bits per heavy atom. The van der Waals surface area contributed by atoms with E-state index in [1.54, 1.807) is 0 Å². The van der Waals surface area contributed by atoms with E-state index in [0.29, 0.717) is 6.04 Å². The first-order valence-electron chi connectivity index (χ1n) is 9.60. The SMILES string of the molecule is CCSCCNC(=O)C1CCC([N](c2ncccn2)[In]2[CH]=CC[NH]2)CC1. The molecule has 0 radical (unpaired) electrons. The molecule has 0 spiro atoms. The van der Waals surface area contributed by atoms with Gasteiger partial charge in [-0.2, -0.15) is 0 Å². The van der Waals surface area contributed by atoms with Crippen LogP contribution >= 0.6 is 11.8 Å². The summed E-state index contributed by atoms with van der Waals surface area (Å²) in [5.74, 6) is 3.37. The maximum atomic E-state index is 12.4. The molecule has 1 saturated carbocycles. The Labute approximate surface area is 168 Å². The number of aromatic nitrogens is 2. The minimum atomic E-state index is -2.18. The Hall–Kier alpha value is -0.730. The van der Waals surface area contributed by atoms with Crippen LogP contribution in [0.5, 0.6) is 0 Å². The van der Waals surface area contributed by atoms with Crippen molar-refractivity contribution in [2.24, 2.45) is 5.92 Å². The van der Waals surface area contributed by atoms with Crippen molar-refractivity contribution in [2.45, 2.75) is 38.6 Å². The third-order valence-corrected chi connectivity index (χ3v) is 13.2. The van der Waals surface area contributed by atoms with Crippen molar-refractivity contribution in [3.63, 3.8) is 0 Å². The summed E-state index contributed by atoms with van der Waals surface area (Å²) in [5, 5.41) is 3.11. The number of nitrogens with zero attached hydrogens (tertiary/aromatic N) is 3. The minimum absolute atomic E-state index is 0.165. The van der Waals surface area contributed by atoms with Gasteiger partial charge in [-0.3, -0.25) is 0 Å². The Morgan fingerprint density at radius 3 is 2.77 bits per heavy atom. The van der Waals surface area contributed by atoms with Crippen LogP contribution < -0.4 is 11.5 Å². The number of hydrogen-bond acceptors (Lipinski definition) is 6. The molecule has 2 heterocycles. The molecule has 1 aliphatic carbocycles. The standard InChI is InChI=1S/C15H24N4OS.C3H5N.In/c1-2-21-11-10-16-14(20)12-4-6-13(7-5-12)19-15-17-8-3-9-18-15;1-2-3-4;/h3,8-9,12-13H,2,4-7,10-11H2,1H3,(H2,16,17,18,19,20);1-2,4H,3H2;/q;-1;+2/p-1. The van der Waals surface area contributed by atoms with E-state index in [1.165, 1.54) is 0 Å². The van der Waals surface area contributed by atoms with Crippen molar-refractivity contribution < 1.29 is 4.79 Å². The molecule has 6 nitrogen and oxygen atoms in total. The molecule has 0 atom stereocenters. The second-order valence-corrected chi connectivity index (χ2v) is 14.5. The second-order valence-electron chi connectivity index (χ2n) is 6.73. The molecule has 2 N–H and O–H groups in total. The van der Waals surface area contributed by atoms with Crippen LogP contribution in [0, 0.1) is 5.92 Å². The fraction of sp³-hybridized carbons (Fsp3) is 0.611. The van der Waals surface area contributed by atoms with E-state index in [9.17, 15) is 4.79 Å². The third kappa shape index (κ3) is 5.39. The summed E-state index contributed by atoms with van der Waals surface area (Å²) in [4.78, 5) is 21.4. The van der Waals surface area contributed by atoms with Gasteiger partial charge in [-0.1, -0.05) is 0 Å². The molecule has 0 unspecified atom stereocenters. The average molecular weight is 477 g/mol. The molecule has 3 rings (SSSR count). The molecule has 2 aliphatic rings. The normalized spacial score (nSPS) is 22.4. The van der Waals surface area contributed by atoms with Crippen LogP contribution in [0.15, 0.2) is 28.4 Å². The summed E-state index contributed by atoms with van der Waals surface area (Å²) < 4.78 is 8.58. The van der Waals surface area contributed by atoms with Gasteiger partial charge in [-0.25, -0.2) is 0 Å². The zero-order valence-electron chi connectivity index (χ0n) is 15.4. The van der Waals surface area contributed by atoms with Crippen molar-refractivity contribution in [3.05, 3.63) is 28.4 Å². The first-order chi connectivity index (χ1) is 12.8. The molecule has 1 fully saturated rings. The van der Waals surface area contributed by atoms with Crippen LogP contribution in [0.4, 0.5) is 5.95 Å². The van der Waals surface area contributed by atoms with Crippen LogP contribution in [-0.2, 0) is 4.79 Å². The van der Waals surface area contributed by atoms with Crippen LogP contribution in [0.1, 0.15) is 32.6 Å². The zero-order chi connectivity index (χ0) is 18.2. The fourth-order valence-corrected chi connectivity index (χ4v) is 11.2. The molecule has 1 aliphatic heterocycles. The Bertz CT molecular complexity index is 595. The Balaban J connectivity index is 1.56. The van der Waals surface area contributed by atoms with E-state index in [4.69, 9.17) is 0 Å². The average Bonchev–Trinajstić information content (AvgIpc) is 3.21. The molecule has 1 aromatic heterocycles. The summed E-state index contributed by atoms with van der Waals surface area (Å²) in [5.41, 5.74) is 0. The summed E-state index contributed by atoms with van der Waals surface area (Å²) in [6.45, 7) is 3.90. The van der Waals surface area contributed by atoms with Gasteiger partial charge in [0.25, 0.3) is 0 Å². The maximum absolute atomic E-state index is 12.4. The van der Waals surface area contributed by atoms with Gasteiger partial charge < -0.3 is 0 Å². The van der Waals surface area contributed by atoms with Crippen molar-refractivity contribution in [1.29, 1.82) is 0 Å². The van der Waals surface area contributed by atoms with Gasteiger partial charge in [0.05, 0.1) is 0 Å². The Morgan fingerprint density at radius 2 is 2.12 bits per heavy atom. The first-order valence-corrected chi connectivity index (χ1v) is 15.8. The van der Waals surface area contributed by atoms with Gasteiger partial charge in [-0.15, -0.1) is 0 Å². The molecule has 1 amide bonds. The Kier molecular flexibility index (Phi) is 8.13. The molecule has 0 aromatic carbocycles. The molecule has 26 heavy (non-hydrogen) atoms. The van der Waals surface area contributed by atoms with Crippen LogP contribution in [0.3, 0.4) is 0 Å². The number of hydrogen-bond donors (Lipinski definition) is 2. The molecule has 1 aromatic rings. The van der Waals surface area contributed by atoms with Crippen molar-refractivity contribution in [2.75, 3.05) is 27.5 Å². The monoisotopic (exact) mass is 477 g/mol. The summed E-state index contributed by atoms with van der Waals surface area (Å²) in [6.07, 6.45) is 9.91. The number of carbonyl (C=O) groups is 1. The van der Waals surface area contributed by atoms with E-state index in [-0.39, 0.29) is 11.8 Å². The van der Waals surface area contributed by atoms with E-state index in [2.05, 4.69) is 38.3 Å². The number of amides is 1. The van der Waals surface area contributed by atoms with Gasteiger partial charge >= 0.3 is 169 Å². The summed E-state index contributed by atoms with van der Waals surface area (Å²) in [7, 11) is 0. The van der Waals surface area contributed by atoms with E-state index in [0.717, 1.165) is 56.2 Å².